The number of carbonyl (C=O) groups is 1. The van der Waals surface area contributed by atoms with Crippen molar-refractivity contribution in [3.63, 3.8) is 0 Å². The molecule has 2 aromatic heterocycles. The molecule has 0 aliphatic carbocycles. The zero-order valence-electron chi connectivity index (χ0n) is 22.7. The summed E-state index contributed by atoms with van der Waals surface area (Å²) < 4.78 is 21.6. The summed E-state index contributed by atoms with van der Waals surface area (Å²) in [6.07, 6.45) is 5.61. The lowest BCUT2D eigenvalue weighted by molar-refractivity contribution is 0.0667. The Labute approximate surface area is 228 Å². The number of hydrogen-bond acceptors (Lipinski definition) is 7. The number of pyridine rings is 1. The molecule has 0 saturated carbocycles. The van der Waals surface area contributed by atoms with E-state index in [0.29, 0.717) is 68.2 Å². The lowest BCUT2D eigenvalue weighted by Crippen LogP contribution is -2.40. The van der Waals surface area contributed by atoms with Gasteiger partial charge in [0.15, 0.2) is 0 Å². The minimum Gasteiger partial charge on any atom is -0.492 e. The quantitative estimate of drug-likeness (QED) is 0.447. The molecule has 1 aromatic carbocycles. The van der Waals surface area contributed by atoms with E-state index in [4.69, 9.17) is 4.74 Å². The van der Waals surface area contributed by atoms with Crippen LogP contribution in [0.5, 0.6) is 5.75 Å². The number of rotatable bonds is 9. The van der Waals surface area contributed by atoms with E-state index in [0.717, 1.165) is 29.2 Å². The molecule has 0 bridgehead atoms. The van der Waals surface area contributed by atoms with E-state index in [1.807, 2.05) is 42.6 Å². The highest BCUT2D eigenvalue weighted by Gasteiger charge is 2.32. The fourth-order valence-electron chi connectivity index (χ4n) is 5.61. The molecule has 10 heteroatoms. The second-order valence-electron chi connectivity index (χ2n) is 10.1. The molecular weight excluding hydrogens is 497 g/mol. The van der Waals surface area contributed by atoms with Crippen LogP contribution in [0.4, 0.5) is 10.3 Å². The second-order valence-corrected chi connectivity index (χ2v) is 10.1. The Morgan fingerprint density at radius 1 is 1.26 bits per heavy atom. The molecule has 1 amide bonds. The number of hydrogen-bond donors (Lipinski definition) is 1. The van der Waals surface area contributed by atoms with Crippen LogP contribution in [-0.2, 0) is 19.5 Å². The van der Waals surface area contributed by atoms with Crippen molar-refractivity contribution in [3.8, 4) is 11.8 Å². The standard InChI is InChI=1S/C29H34FN7O2/c1-4-39-27-13-26(34-15-22(27)14-31)19(2)37-9-6-24-21(17-35-8-5-23(30)18-35)11-20(12-25(24)28(37)38)16-36-10-7-33-29(36)32-3/h7,10-13,15,19,23H,4-6,8-9,16-18H2,1-3H3,(H,32,33)/t19?,23-/m0/s1. The summed E-state index contributed by atoms with van der Waals surface area (Å²) in [6.45, 7) is 7.11. The van der Waals surface area contributed by atoms with Gasteiger partial charge in [-0.25, -0.2) is 9.37 Å². The predicted molar refractivity (Wildman–Crippen MR) is 145 cm³/mol. The molecule has 0 radical (unpaired) electrons. The number of ether oxygens (including phenoxy) is 1. The van der Waals surface area contributed by atoms with E-state index in [1.165, 1.54) is 6.20 Å². The van der Waals surface area contributed by atoms with E-state index in [-0.39, 0.29) is 11.9 Å². The number of likely N-dealkylation sites (tertiary alicyclic amines) is 1. The van der Waals surface area contributed by atoms with E-state index in [1.54, 1.807) is 12.3 Å². The van der Waals surface area contributed by atoms with Crippen LogP contribution in [0.2, 0.25) is 0 Å². The maximum Gasteiger partial charge on any atom is 0.254 e. The van der Waals surface area contributed by atoms with Crippen LogP contribution in [0.15, 0.2) is 36.8 Å². The minimum atomic E-state index is -0.799. The van der Waals surface area contributed by atoms with Crippen molar-refractivity contribution in [2.75, 3.05) is 38.6 Å². The van der Waals surface area contributed by atoms with Gasteiger partial charge in [0, 0.05) is 63.4 Å². The third-order valence-corrected chi connectivity index (χ3v) is 7.60. The average molecular weight is 532 g/mol. The molecule has 2 aliphatic heterocycles. The first kappa shape index (κ1) is 26.6. The summed E-state index contributed by atoms with van der Waals surface area (Å²) in [6, 6.07) is 7.71. The van der Waals surface area contributed by atoms with Crippen molar-refractivity contribution in [1.82, 2.24) is 24.3 Å². The first-order valence-corrected chi connectivity index (χ1v) is 13.5. The van der Waals surface area contributed by atoms with Crippen LogP contribution >= 0.6 is 0 Å². The highest BCUT2D eigenvalue weighted by atomic mass is 19.1. The fraction of sp³-hybridized carbons (Fsp3) is 0.448. The smallest absolute Gasteiger partial charge is 0.254 e. The van der Waals surface area contributed by atoms with Crippen molar-refractivity contribution in [3.05, 3.63) is 70.3 Å². The Kier molecular flexibility index (Phi) is 7.79. The van der Waals surface area contributed by atoms with Crippen molar-refractivity contribution in [2.45, 2.75) is 52.0 Å². The molecule has 3 aromatic rings. The van der Waals surface area contributed by atoms with Gasteiger partial charge in [-0.2, -0.15) is 5.26 Å². The lowest BCUT2D eigenvalue weighted by Gasteiger charge is -2.35. The van der Waals surface area contributed by atoms with E-state index in [9.17, 15) is 14.4 Å². The van der Waals surface area contributed by atoms with Gasteiger partial charge in [0.05, 0.1) is 24.9 Å². The Hall–Kier alpha value is -3.97. The Morgan fingerprint density at radius 2 is 2.10 bits per heavy atom. The number of alkyl halides is 1. The average Bonchev–Trinajstić information content (AvgIpc) is 3.57. The van der Waals surface area contributed by atoms with Crippen molar-refractivity contribution >= 4 is 11.9 Å². The van der Waals surface area contributed by atoms with Crippen LogP contribution < -0.4 is 10.1 Å². The molecule has 1 fully saturated rings. The summed E-state index contributed by atoms with van der Waals surface area (Å²) in [5.41, 5.74) is 4.84. The normalized spacial score (nSPS) is 18.1. The van der Waals surface area contributed by atoms with Crippen LogP contribution in [0, 0.1) is 11.3 Å². The highest BCUT2D eigenvalue weighted by molar-refractivity contribution is 5.97. The number of nitrogens with one attached hydrogen (secondary N) is 1. The Morgan fingerprint density at radius 3 is 2.82 bits per heavy atom. The number of fused-ring (bicyclic) bond motifs is 1. The number of imidazole rings is 1. The van der Waals surface area contributed by atoms with Gasteiger partial charge in [-0.3, -0.25) is 14.7 Å². The molecule has 39 heavy (non-hydrogen) atoms. The van der Waals surface area contributed by atoms with Gasteiger partial charge in [0.2, 0.25) is 5.95 Å². The lowest BCUT2D eigenvalue weighted by atomic mass is 9.90. The number of carbonyl (C=O) groups excluding carboxylic acids is 1. The molecule has 204 valence electrons. The summed E-state index contributed by atoms with van der Waals surface area (Å²) in [5, 5.41) is 12.5. The van der Waals surface area contributed by atoms with Gasteiger partial charge in [0.1, 0.15) is 23.6 Å². The van der Waals surface area contributed by atoms with Gasteiger partial charge < -0.3 is 19.5 Å². The summed E-state index contributed by atoms with van der Waals surface area (Å²) in [7, 11) is 1.83. The van der Waals surface area contributed by atoms with Gasteiger partial charge in [-0.15, -0.1) is 0 Å². The number of anilines is 1. The van der Waals surface area contributed by atoms with Crippen LogP contribution in [0.3, 0.4) is 0 Å². The van der Waals surface area contributed by atoms with Gasteiger partial charge in [-0.05, 0) is 49.4 Å². The number of amides is 1. The molecular formula is C29H34FN7O2. The maximum atomic E-state index is 14.0. The Bertz CT molecular complexity index is 1400. The van der Waals surface area contributed by atoms with Crippen LogP contribution in [0.1, 0.15) is 64.6 Å². The van der Waals surface area contributed by atoms with E-state index in [2.05, 4.69) is 32.3 Å². The van der Waals surface area contributed by atoms with E-state index < -0.39 is 6.17 Å². The third kappa shape index (κ3) is 5.45. The summed E-state index contributed by atoms with van der Waals surface area (Å²) in [5.74, 6) is 1.16. The molecule has 1 unspecified atom stereocenters. The summed E-state index contributed by atoms with van der Waals surface area (Å²) in [4.78, 5) is 26.8. The SMILES string of the molecule is CCOc1cc(C(C)N2CCc3c(CN4CC[C@H](F)C4)cc(Cn4ccnc4NC)cc3C2=O)ncc1C#N. The van der Waals surface area contributed by atoms with Crippen LogP contribution in [0.25, 0.3) is 0 Å². The first-order valence-electron chi connectivity index (χ1n) is 13.5. The number of nitrogens with zero attached hydrogens (tertiary/aromatic N) is 6. The third-order valence-electron chi connectivity index (χ3n) is 7.60. The number of halogens is 1. The van der Waals surface area contributed by atoms with Gasteiger partial charge >= 0.3 is 0 Å². The minimum absolute atomic E-state index is 0.0553. The van der Waals surface area contributed by atoms with Crippen molar-refractivity contribution < 1.29 is 13.9 Å². The largest absolute Gasteiger partial charge is 0.492 e. The maximum absolute atomic E-state index is 14.0. The van der Waals surface area contributed by atoms with Gasteiger partial charge in [0.25, 0.3) is 5.91 Å². The molecule has 1 N–H and O–H groups in total. The molecule has 9 nitrogen and oxygen atoms in total. The van der Waals surface area contributed by atoms with Crippen molar-refractivity contribution in [2.24, 2.45) is 0 Å². The van der Waals surface area contributed by atoms with Crippen molar-refractivity contribution in [1.29, 1.82) is 5.26 Å². The first-order chi connectivity index (χ1) is 18.9. The van der Waals surface area contributed by atoms with Gasteiger partial charge in [-0.1, -0.05) is 6.07 Å². The monoisotopic (exact) mass is 531 g/mol. The Balaban J connectivity index is 1.48. The molecule has 0 spiro atoms. The molecule has 2 aliphatic rings. The fourth-order valence-corrected chi connectivity index (χ4v) is 5.61. The second kappa shape index (κ2) is 11.4. The highest BCUT2D eigenvalue weighted by Crippen LogP contribution is 2.33. The molecule has 2 atom stereocenters. The number of benzene rings is 1. The summed E-state index contributed by atoms with van der Waals surface area (Å²) >= 11 is 0. The topological polar surface area (TPSA) is 99.3 Å². The molecule has 4 heterocycles. The van der Waals surface area contributed by atoms with Crippen LogP contribution in [-0.4, -0.2) is 69.7 Å². The zero-order valence-corrected chi connectivity index (χ0v) is 22.7. The zero-order chi connectivity index (χ0) is 27.5. The molecule has 5 rings (SSSR count). The number of nitriles is 1. The number of aromatic nitrogens is 3. The van der Waals surface area contributed by atoms with E-state index >= 15 is 0 Å². The molecule has 1 saturated heterocycles. The predicted octanol–water partition coefficient (Wildman–Crippen LogP) is 3.94.